The Balaban J connectivity index is 1.67. The summed E-state index contributed by atoms with van der Waals surface area (Å²) in [7, 11) is 0. The molecular weight excluding hydrogens is 734 g/mol. The fourth-order valence-electron chi connectivity index (χ4n) is 8.67. The number of carbonyl (C=O) groups is 4. The highest BCUT2D eigenvalue weighted by Gasteiger charge is 2.69. The largest absolute Gasteiger partial charge is 0.456 e. The van der Waals surface area contributed by atoms with Gasteiger partial charge < -0.3 is 44.6 Å². The van der Waals surface area contributed by atoms with Crippen LogP contribution in [0, 0.1) is 23.7 Å². The highest BCUT2D eigenvalue weighted by molar-refractivity contribution is 6.40. The van der Waals surface area contributed by atoms with Gasteiger partial charge in [-0.05, 0) is 107 Å². The number of epoxide rings is 1. The van der Waals surface area contributed by atoms with Crippen molar-refractivity contribution < 1.29 is 58.9 Å². The summed E-state index contributed by atoms with van der Waals surface area (Å²) < 4.78 is 18.0. The normalized spacial score (nSPS) is 41.2. The third-order valence-corrected chi connectivity index (χ3v) is 12.7. The first-order valence-electron chi connectivity index (χ1n) is 21.2. The lowest BCUT2D eigenvalue weighted by molar-refractivity contribution is -0.173. The van der Waals surface area contributed by atoms with Crippen molar-refractivity contribution in [1.29, 1.82) is 0 Å². The van der Waals surface area contributed by atoms with Crippen molar-refractivity contribution in [3.63, 3.8) is 0 Å². The number of hydrogen-bond acceptors (Lipinski definition) is 12. The molecule has 322 valence electrons. The van der Waals surface area contributed by atoms with Gasteiger partial charge in [-0.2, -0.15) is 0 Å². The molecule has 0 aromatic carbocycles. The number of rotatable bonds is 4. The highest BCUT2D eigenvalue weighted by Crippen LogP contribution is 2.48. The Morgan fingerprint density at radius 3 is 2.30 bits per heavy atom. The summed E-state index contributed by atoms with van der Waals surface area (Å²) in [5.41, 5.74) is 2.06. The number of carbonyl (C=O) groups excluding carboxylic acids is 4. The molecule has 2 bridgehead atoms. The Labute approximate surface area is 338 Å². The second kappa shape index (κ2) is 20.5. The smallest absolute Gasteiger partial charge is 0.329 e. The van der Waals surface area contributed by atoms with Crippen molar-refractivity contribution in [3.8, 4) is 0 Å². The topological polar surface area (TPSA) is 204 Å². The number of amides is 1. The Kier molecular flexibility index (Phi) is 16.8. The maximum absolute atomic E-state index is 14.1. The van der Waals surface area contributed by atoms with Gasteiger partial charge in [0.1, 0.15) is 24.0 Å². The van der Waals surface area contributed by atoms with E-state index in [1.165, 1.54) is 11.8 Å². The van der Waals surface area contributed by atoms with Crippen LogP contribution in [0.2, 0.25) is 0 Å². The SMILES string of the molecule is CC/C1=C\CC(/C(C)=C/C(C)C(C)=O)OC(=O)C2CCCCN2C(=O)C(=O)C23OC(CCC2O3)CC(O)C(C)C(O)CC(O)C[C@H](O)/C(C)=C/C(C)CC(C)C1O. The molecular formula is C44H69NO12. The second-order valence-corrected chi connectivity index (χ2v) is 17.5. The molecule has 13 unspecified atom stereocenters. The van der Waals surface area contributed by atoms with Crippen LogP contribution in [-0.2, 0) is 33.4 Å². The molecule has 3 fully saturated rings. The van der Waals surface area contributed by atoms with Crippen LogP contribution in [0.15, 0.2) is 34.9 Å². The molecule has 4 rings (SSSR count). The minimum absolute atomic E-state index is 0.0123. The summed E-state index contributed by atoms with van der Waals surface area (Å²) in [5.74, 6) is -5.71. The summed E-state index contributed by atoms with van der Waals surface area (Å²) >= 11 is 0. The fourth-order valence-corrected chi connectivity index (χ4v) is 8.67. The predicted molar refractivity (Wildman–Crippen MR) is 212 cm³/mol. The molecule has 0 saturated carbocycles. The molecule has 1 spiro atoms. The first-order chi connectivity index (χ1) is 26.8. The number of aliphatic hydroxyl groups is 5. The number of allylic oxidation sites excluding steroid dienone is 2. The molecule has 13 nitrogen and oxygen atoms in total. The van der Waals surface area contributed by atoms with E-state index in [0.29, 0.717) is 49.7 Å². The van der Waals surface area contributed by atoms with E-state index in [2.05, 4.69) is 0 Å². The first-order valence-corrected chi connectivity index (χ1v) is 21.2. The molecule has 4 aliphatic rings. The number of aliphatic hydroxyl groups excluding tert-OH is 5. The molecule has 0 aliphatic carbocycles. The molecule has 14 atom stereocenters. The number of ketones is 2. The van der Waals surface area contributed by atoms with E-state index in [-0.39, 0.29) is 56.3 Å². The van der Waals surface area contributed by atoms with Crippen LogP contribution in [0.3, 0.4) is 0 Å². The van der Waals surface area contributed by atoms with Crippen LogP contribution >= 0.6 is 0 Å². The third-order valence-electron chi connectivity index (χ3n) is 12.7. The van der Waals surface area contributed by atoms with E-state index in [9.17, 15) is 44.7 Å². The second-order valence-electron chi connectivity index (χ2n) is 17.5. The minimum Gasteiger partial charge on any atom is -0.456 e. The average molecular weight is 804 g/mol. The van der Waals surface area contributed by atoms with E-state index in [4.69, 9.17) is 14.2 Å². The van der Waals surface area contributed by atoms with Crippen LogP contribution in [0.4, 0.5) is 0 Å². The van der Waals surface area contributed by atoms with Crippen molar-refractivity contribution in [2.45, 2.75) is 187 Å². The van der Waals surface area contributed by atoms with Gasteiger partial charge in [0, 0.05) is 31.2 Å². The molecule has 4 aliphatic heterocycles. The van der Waals surface area contributed by atoms with E-state index in [1.807, 2.05) is 32.9 Å². The van der Waals surface area contributed by atoms with Gasteiger partial charge in [-0.1, -0.05) is 52.8 Å². The Hall–Kier alpha value is -2.78. The van der Waals surface area contributed by atoms with Crippen molar-refractivity contribution in [2.24, 2.45) is 23.7 Å². The van der Waals surface area contributed by atoms with Crippen LogP contribution in [0.5, 0.6) is 0 Å². The summed E-state index contributed by atoms with van der Waals surface area (Å²) in [5, 5.41) is 55.4. The van der Waals surface area contributed by atoms with Crippen molar-refractivity contribution in [1.82, 2.24) is 4.90 Å². The number of cyclic esters (lactones) is 1. The molecule has 3 saturated heterocycles. The molecule has 5 N–H and O–H groups in total. The van der Waals surface area contributed by atoms with E-state index < -0.39 is 90.2 Å². The number of piperidine rings is 1. The maximum Gasteiger partial charge on any atom is 0.329 e. The predicted octanol–water partition coefficient (Wildman–Crippen LogP) is 4.25. The monoisotopic (exact) mass is 803 g/mol. The molecule has 0 aromatic heterocycles. The Bertz CT molecular complexity index is 1520. The average Bonchev–Trinajstić information content (AvgIpc) is 3.90. The summed E-state index contributed by atoms with van der Waals surface area (Å²) in [6, 6.07) is -1.04. The van der Waals surface area contributed by atoms with Gasteiger partial charge >= 0.3 is 5.97 Å². The van der Waals surface area contributed by atoms with E-state index in [0.717, 1.165) is 5.57 Å². The van der Waals surface area contributed by atoms with Crippen molar-refractivity contribution >= 4 is 23.4 Å². The zero-order valence-electron chi connectivity index (χ0n) is 35.3. The van der Waals surface area contributed by atoms with Crippen LogP contribution < -0.4 is 0 Å². The summed E-state index contributed by atoms with van der Waals surface area (Å²) in [6.07, 6.45) is 2.09. The molecule has 57 heavy (non-hydrogen) atoms. The van der Waals surface area contributed by atoms with Crippen LogP contribution in [0.1, 0.15) is 126 Å². The number of fused-ring (bicyclic) bond motifs is 2. The number of hydrogen-bond donors (Lipinski definition) is 5. The molecule has 1 amide bonds. The van der Waals surface area contributed by atoms with Gasteiger partial charge in [0.05, 0.1) is 36.6 Å². The number of nitrogens with zero attached hydrogens (tertiary/aromatic N) is 1. The van der Waals surface area contributed by atoms with Gasteiger partial charge in [0.15, 0.2) is 0 Å². The molecule has 0 aromatic rings. The number of ether oxygens (including phenoxy) is 3. The van der Waals surface area contributed by atoms with Crippen LogP contribution in [0.25, 0.3) is 0 Å². The maximum atomic E-state index is 14.1. The molecule has 13 heteroatoms. The van der Waals surface area contributed by atoms with E-state index in [1.54, 1.807) is 33.8 Å². The van der Waals surface area contributed by atoms with Crippen LogP contribution in [-0.4, -0.2) is 121 Å². The van der Waals surface area contributed by atoms with Gasteiger partial charge in [-0.3, -0.25) is 14.4 Å². The minimum atomic E-state index is -1.82. The summed E-state index contributed by atoms with van der Waals surface area (Å²) in [6.45, 7) is 14.5. The lowest BCUT2D eigenvalue weighted by atomic mass is 9.86. The van der Waals surface area contributed by atoms with E-state index >= 15 is 0 Å². The Morgan fingerprint density at radius 1 is 0.947 bits per heavy atom. The zero-order chi connectivity index (χ0) is 42.4. The highest BCUT2D eigenvalue weighted by atomic mass is 16.8. The van der Waals surface area contributed by atoms with Gasteiger partial charge in [-0.15, -0.1) is 0 Å². The number of esters is 1. The van der Waals surface area contributed by atoms with Crippen molar-refractivity contribution in [3.05, 3.63) is 34.9 Å². The standard InChI is InChI=1S/C44H69NO12/c1-9-31-13-15-38(27(5)20-25(3)30(8)46)55-43(54)34-12-10-11-17-45(34)42(53)41(52)44-39(57-44)16-14-33(56-44)23-37(50)29(7)36(49)22-32(47)21-35(48)26(4)18-24(2)19-28(6)40(31)51/h13,18,20,24-25,28-29,32-40,47-51H,9-12,14-17,19,21-23H2,1-8H3/b26-18+,27-20+,31-13+/t24?,25?,28?,29?,32?,33?,34?,35-,36?,37?,38?,39?,40?,44?/m0/s1. The van der Waals surface area contributed by atoms with Gasteiger partial charge in [-0.25, -0.2) is 4.79 Å². The van der Waals surface area contributed by atoms with Gasteiger partial charge in [0.2, 0.25) is 0 Å². The first kappa shape index (κ1) is 46.9. The lowest BCUT2D eigenvalue weighted by Crippen LogP contribution is -2.55. The fraction of sp³-hybridized carbons (Fsp3) is 0.773. The zero-order valence-corrected chi connectivity index (χ0v) is 35.3. The lowest BCUT2D eigenvalue weighted by Gasteiger charge is -2.36. The van der Waals surface area contributed by atoms with Gasteiger partial charge in [0.25, 0.3) is 17.5 Å². The third kappa shape index (κ3) is 11.9. The molecule has 0 radical (unpaired) electrons. The molecule has 4 heterocycles. The number of Topliss-reactive ketones (excluding diaryl/α,β-unsaturated/α-hetero) is 2. The summed E-state index contributed by atoms with van der Waals surface area (Å²) in [4.78, 5) is 55.4. The quantitative estimate of drug-likeness (QED) is 0.117. The van der Waals surface area contributed by atoms with Crippen molar-refractivity contribution in [2.75, 3.05) is 6.54 Å². The Morgan fingerprint density at radius 2 is 1.63 bits per heavy atom.